The van der Waals surface area contributed by atoms with Crippen LogP contribution in [0.15, 0.2) is 0 Å². The molecule has 4 heteroatoms. The molecule has 0 aromatic heterocycles. The van der Waals surface area contributed by atoms with Gasteiger partial charge in [0.15, 0.2) is 0 Å². The van der Waals surface area contributed by atoms with Crippen molar-refractivity contribution in [2.45, 2.75) is 46.3 Å². The van der Waals surface area contributed by atoms with Crippen LogP contribution in [0, 0.1) is 5.92 Å². The monoisotopic (exact) mass is 231 g/mol. The molecule has 0 unspecified atom stereocenters. The van der Waals surface area contributed by atoms with Crippen molar-refractivity contribution >= 4 is 17.9 Å². The lowest BCUT2D eigenvalue weighted by Crippen LogP contribution is -2.42. The van der Waals surface area contributed by atoms with Crippen molar-refractivity contribution in [3.63, 3.8) is 0 Å². The quantitative estimate of drug-likeness (QED) is 0.695. The second kappa shape index (κ2) is 4.64. The summed E-state index contributed by atoms with van der Waals surface area (Å²) in [6, 6.07) is 0.324. The van der Waals surface area contributed by atoms with E-state index < -0.39 is 5.60 Å². The topological polar surface area (TPSA) is 29.5 Å². The average Bonchev–Trinajstić information content (AvgIpc) is 2.47. The number of carbonyl (C=O) groups excluding carboxylic acids is 1. The minimum Gasteiger partial charge on any atom is -0.444 e. The first-order valence-corrected chi connectivity index (χ1v) is 6.54. The zero-order valence-corrected chi connectivity index (χ0v) is 11.1. The van der Waals surface area contributed by atoms with Crippen molar-refractivity contribution < 1.29 is 9.53 Å². The van der Waals surface area contributed by atoms with Gasteiger partial charge in [-0.05, 0) is 26.7 Å². The first-order valence-electron chi connectivity index (χ1n) is 5.38. The van der Waals surface area contributed by atoms with Crippen molar-refractivity contribution in [2.75, 3.05) is 11.6 Å². The Morgan fingerprint density at radius 1 is 1.47 bits per heavy atom. The van der Waals surface area contributed by atoms with E-state index in [1.165, 1.54) is 0 Å². The summed E-state index contributed by atoms with van der Waals surface area (Å²) in [5.41, 5.74) is -0.397. The van der Waals surface area contributed by atoms with Crippen LogP contribution in [-0.2, 0) is 4.74 Å². The molecule has 0 saturated carbocycles. The number of thioether (sulfide) groups is 1. The predicted octanol–water partition coefficient (Wildman–Crippen LogP) is 2.95. The van der Waals surface area contributed by atoms with Crippen LogP contribution < -0.4 is 0 Å². The first-order chi connectivity index (χ1) is 6.81. The zero-order valence-electron chi connectivity index (χ0n) is 10.2. The second-order valence-electron chi connectivity index (χ2n) is 5.26. The van der Waals surface area contributed by atoms with E-state index in [1.807, 2.05) is 25.7 Å². The van der Waals surface area contributed by atoms with E-state index in [4.69, 9.17) is 4.74 Å². The molecule has 0 aliphatic carbocycles. The summed E-state index contributed by atoms with van der Waals surface area (Å²) in [7, 11) is 0. The van der Waals surface area contributed by atoms with Gasteiger partial charge in [0.2, 0.25) is 0 Å². The molecule has 0 aromatic carbocycles. The summed E-state index contributed by atoms with van der Waals surface area (Å²) in [6.07, 6.45) is -0.175. The molecular formula is C11H21NO2S. The molecule has 1 rings (SSSR count). The standard InChI is InChI=1S/C11H21NO2S/c1-8(2)9-6-15-7-12(9)10(13)14-11(3,4)5/h8-9H,6-7H2,1-5H3/t9-/m1/s1. The fourth-order valence-corrected chi connectivity index (χ4v) is 2.92. The van der Waals surface area contributed by atoms with Crippen LogP contribution in [0.5, 0.6) is 0 Å². The molecule has 1 amide bonds. The van der Waals surface area contributed by atoms with E-state index in [9.17, 15) is 4.79 Å². The number of nitrogens with zero attached hydrogens (tertiary/aromatic N) is 1. The molecule has 0 spiro atoms. The third kappa shape index (κ3) is 3.59. The summed E-state index contributed by atoms with van der Waals surface area (Å²) in [6.45, 7) is 10.00. The summed E-state index contributed by atoms with van der Waals surface area (Å²) in [4.78, 5) is 13.7. The van der Waals surface area contributed by atoms with Crippen molar-refractivity contribution in [3.05, 3.63) is 0 Å². The van der Waals surface area contributed by atoms with Gasteiger partial charge < -0.3 is 4.74 Å². The molecule has 3 nitrogen and oxygen atoms in total. The van der Waals surface area contributed by atoms with Gasteiger partial charge in [-0.1, -0.05) is 13.8 Å². The SMILES string of the molecule is CC(C)[C@H]1CSCN1C(=O)OC(C)(C)C. The van der Waals surface area contributed by atoms with Gasteiger partial charge in [0.1, 0.15) is 5.60 Å². The second-order valence-corrected chi connectivity index (χ2v) is 6.26. The molecule has 0 aromatic rings. The smallest absolute Gasteiger partial charge is 0.411 e. The Hall–Kier alpha value is -0.380. The van der Waals surface area contributed by atoms with E-state index in [2.05, 4.69) is 13.8 Å². The lowest BCUT2D eigenvalue weighted by Gasteiger charge is -2.29. The Balaban J connectivity index is 2.59. The van der Waals surface area contributed by atoms with Gasteiger partial charge in [-0.15, -0.1) is 11.8 Å². The highest BCUT2D eigenvalue weighted by molar-refractivity contribution is 7.99. The maximum absolute atomic E-state index is 11.9. The molecule has 1 fully saturated rings. The van der Waals surface area contributed by atoms with Crippen molar-refractivity contribution in [2.24, 2.45) is 5.92 Å². The predicted molar refractivity (Wildman–Crippen MR) is 64.0 cm³/mol. The van der Waals surface area contributed by atoms with Crippen LogP contribution in [0.4, 0.5) is 4.79 Å². The Labute approximate surface area is 96.5 Å². The minimum atomic E-state index is -0.397. The molecule has 15 heavy (non-hydrogen) atoms. The largest absolute Gasteiger partial charge is 0.444 e. The first kappa shape index (κ1) is 12.7. The van der Waals surface area contributed by atoms with Crippen LogP contribution in [0.3, 0.4) is 0 Å². The highest BCUT2D eigenvalue weighted by atomic mass is 32.2. The Bertz CT molecular complexity index is 235. The third-order valence-corrected chi connectivity index (χ3v) is 3.35. The van der Waals surface area contributed by atoms with E-state index in [0.717, 1.165) is 11.6 Å². The van der Waals surface area contributed by atoms with Crippen LogP contribution in [-0.4, -0.2) is 34.3 Å². The zero-order chi connectivity index (χ0) is 11.6. The van der Waals surface area contributed by atoms with Crippen LogP contribution in [0.1, 0.15) is 34.6 Å². The maximum atomic E-state index is 11.9. The van der Waals surface area contributed by atoms with Crippen LogP contribution in [0.2, 0.25) is 0 Å². The van der Waals surface area contributed by atoms with Gasteiger partial charge >= 0.3 is 6.09 Å². The molecule has 0 bridgehead atoms. The van der Waals surface area contributed by atoms with E-state index in [0.29, 0.717) is 12.0 Å². The lowest BCUT2D eigenvalue weighted by molar-refractivity contribution is 0.0205. The van der Waals surface area contributed by atoms with Crippen LogP contribution in [0.25, 0.3) is 0 Å². The number of rotatable bonds is 1. The maximum Gasteiger partial charge on any atom is 0.411 e. The Kier molecular flexibility index (Phi) is 3.93. The molecule has 1 atom stereocenters. The van der Waals surface area contributed by atoms with E-state index >= 15 is 0 Å². The van der Waals surface area contributed by atoms with Gasteiger partial charge in [0, 0.05) is 11.8 Å². The summed E-state index contributed by atoms with van der Waals surface area (Å²) in [5.74, 6) is 2.28. The average molecular weight is 231 g/mol. The molecule has 1 heterocycles. The molecule has 0 N–H and O–H groups in total. The third-order valence-electron chi connectivity index (χ3n) is 2.32. The fraction of sp³-hybridized carbons (Fsp3) is 0.909. The van der Waals surface area contributed by atoms with Gasteiger partial charge in [0.25, 0.3) is 0 Å². The summed E-state index contributed by atoms with van der Waals surface area (Å²) in [5, 5.41) is 0. The highest BCUT2D eigenvalue weighted by Gasteiger charge is 2.34. The molecular weight excluding hydrogens is 210 g/mol. The molecule has 1 saturated heterocycles. The summed E-state index contributed by atoms with van der Waals surface area (Å²) >= 11 is 1.80. The minimum absolute atomic E-state index is 0.175. The normalized spacial score (nSPS) is 22.3. The summed E-state index contributed by atoms with van der Waals surface area (Å²) < 4.78 is 5.38. The van der Waals surface area contributed by atoms with Crippen molar-refractivity contribution in [3.8, 4) is 0 Å². The number of hydrogen-bond acceptors (Lipinski definition) is 3. The molecule has 0 radical (unpaired) electrons. The Morgan fingerprint density at radius 2 is 2.07 bits per heavy atom. The Morgan fingerprint density at radius 3 is 2.53 bits per heavy atom. The van der Waals surface area contributed by atoms with Gasteiger partial charge in [-0.2, -0.15) is 0 Å². The van der Waals surface area contributed by atoms with Gasteiger partial charge in [-0.3, -0.25) is 4.90 Å². The molecule has 1 aliphatic rings. The molecule has 88 valence electrons. The van der Waals surface area contributed by atoms with Crippen molar-refractivity contribution in [1.29, 1.82) is 0 Å². The molecule has 1 aliphatic heterocycles. The highest BCUT2D eigenvalue weighted by Crippen LogP contribution is 2.27. The fourth-order valence-electron chi connectivity index (χ4n) is 1.52. The lowest BCUT2D eigenvalue weighted by atomic mass is 10.1. The van der Waals surface area contributed by atoms with Gasteiger partial charge in [-0.25, -0.2) is 4.79 Å². The van der Waals surface area contributed by atoms with E-state index in [-0.39, 0.29) is 6.09 Å². The number of ether oxygens (including phenoxy) is 1. The van der Waals surface area contributed by atoms with Crippen molar-refractivity contribution in [1.82, 2.24) is 4.90 Å². The van der Waals surface area contributed by atoms with Gasteiger partial charge in [0.05, 0.1) is 5.88 Å². The number of amides is 1. The number of carbonyl (C=O) groups is 1. The number of hydrogen-bond donors (Lipinski definition) is 0. The van der Waals surface area contributed by atoms with E-state index in [1.54, 1.807) is 11.8 Å². The van der Waals surface area contributed by atoms with Crippen LogP contribution >= 0.6 is 11.8 Å².